The Bertz CT molecular complexity index is 1100. The highest BCUT2D eigenvalue weighted by Gasteiger charge is 2.45. The summed E-state index contributed by atoms with van der Waals surface area (Å²) in [4.78, 5) is 20.4. The summed E-state index contributed by atoms with van der Waals surface area (Å²) in [6, 6.07) is 13.2. The highest BCUT2D eigenvalue weighted by molar-refractivity contribution is 6.31. The quantitative estimate of drug-likeness (QED) is 0.513. The van der Waals surface area contributed by atoms with Gasteiger partial charge in [0.15, 0.2) is 11.5 Å². The SMILES string of the molecule is O=C(N1CCC(c2nc3cc(Cl)ccc3o2)CC1)C1(c2cccc(Cl)c2)CCOCC1. The Morgan fingerprint density at radius 2 is 1.77 bits per heavy atom. The monoisotopic (exact) mass is 458 g/mol. The molecular weight excluding hydrogens is 435 g/mol. The molecule has 162 valence electrons. The molecule has 2 fully saturated rings. The molecule has 1 amide bonds. The van der Waals surface area contributed by atoms with Crippen LogP contribution < -0.4 is 0 Å². The van der Waals surface area contributed by atoms with Gasteiger partial charge in [0.1, 0.15) is 5.52 Å². The molecule has 0 atom stereocenters. The first kappa shape index (κ1) is 20.8. The topological polar surface area (TPSA) is 55.6 Å². The van der Waals surface area contributed by atoms with Crippen molar-refractivity contribution in [3.63, 3.8) is 0 Å². The van der Waals surface area contributed by atoms with Gasteiger partial charge in [0.2, 0.25) is 5.91 Å². The van der Waals surface area contributed by atoms with E-state index in [4.69, 9.17) is 32.4 Å². The first-order valence-corrected chi connectivity index (χ1v) is 11.5. The standard InChI is InChI=1S/C24H24Cl2N2O3/c25-18-3-1-2-17(14-18)24(8-12-30-13-9-24)23(29)28-10-6-16(7-11-28)22-27-20-15-19(26)4-5-21(20)31-22/h1-5,14-16H,6-13H2. The number of piperidine rings is 1. The summed E-state index contributed by atoms with van der Waals surface area (Å²) in [5, 5.41) is 1.31. The van der Waals surface area contributed by atoms with Crippen LogP contribution in [0.15, 0.2) is 46.9 Å². The molecule has 5 rings (SSSR count). The van der Waals surface area contributed by atoms with Crippen molar-refractivity contribution in [2.75, 3.05) is 26.3 Å². The third kappa shape index (κ3) is 3.95. The number of likely N-dealkylation sites (tertiary alicyclic amines) is 1. The fraction of sp³-hybridized carbons (Fsp3) is 0.417. The van der Waals surface area contributed by atoms with Crippen molar-refractivity contribution in [3.8, 4) is 0 Å². The Morgan fingerprint density at radius 1 is 1.03 bits per heavy atom. The van der Waals surface area contributed by atoms with Crippen LogP contribution >= 0.6 is 23.2 Å². The van der Waals surface area contributed by atoms with Crippen molar-refractivity contribution in [1.29, 1.82) is 0 Å². The Morgan fingerprint density at radius 3 is 2.52 bits per heavy atom. The van der Waals surface area contributed by atoms with Gasteiger partial charge in [0, 0.05) is 42.3 Å². The predicted octanol–water partition coefficient (Wildman–Crippen LogP) is 5.59. The van der Waals surface area contributed by atoms with E-state index in [2.05, 4.69) is 4.98 Å². The molecule has 3 heterocycles. The highest BCUT2D eigenvalue weighted by Crippen LogP contribution is 2.39. The number of carbonyl (C=O) groups is 1. The van der Waals surface area contributed by atoms with Gasteiger partial charge in [-0.1, -0.05) is 35.3 Å². The molecule has 5 nitrogen and oxygen atoms in total. The summed E-state index contributed by atoms with van der Waals surface area (Å²) in [5.74, 6) is 1.12. The Hall–Kier alpha value is -2.08. The van der Waals surface area contributed by atoms with Crippen molar-refractivity contribution in [3.05, 3.63) is 64.0 Å². The number of hydrogen-bond acceptors (Lipinski definition) is 4. The molecule has 2 saturated heterocycles. The van der Waals surface area contributed by atoms with E-state index in [1.807, 2.05) is 47.4 Å². The van der Waals surface area contributed by atoms with Crippen LogP contribution in [0.2, 0.25) is 10.0 Å². The number of rotatable bonds is 3. The van der Waals surface area contributed by atoms with Crippen LogP contribution in [0.4, 0.5) is 0 Å². The van der Waals surface area contributed by atoms with Gasteiger partial charge < -0.3 is 14.1 Å². The molecule has 3 aromatic rings. The second-order valence-electron chi connectivity index (χ2n) is 8.44. The molecule has 2 aliphatic rings. The van der Waals surface area contributed by atoms with E-state index < -0.39 is 5.41 Å². The van der Waals surface area contributed by atoms with Gasteiger partial charge >= 0.3 is 0 Å². The Kier molecular flexibility index (Phi) is 5.67. The van der Waals surface area contributed by atoms with Gasteiger partial charge in [0.05, 0.1) is 5.41 Å². The van der Waals surface area contributed by atoms with E-state index >= 15 is 0 Å². The molecule has 0 bridgehead atoms. The van der Waals surface area contributed by atoms with Crippen LogP contribution in [-0.2, 0) is 14.9 Å². The largest absolute Gasteiger partial charge is 0.440 e. The number of aromatic nitrogens is 1. The molecule has 0 saturated carbocycles. The molecule has 7 heteroatoms. The third-order valence-electron chi connectivity index (χ3n) is 6.63. The maximum absolute atomic E-state index is 13.8. The second-order valence-corrected chi connectivity index (χ2v) is 9.31. The lowest BCUT2D eigenvalue weighted by Gasteiger charge is -2.42. The zero-order chi connectivity index (χ0) is 21.4. The molecule has 0 N–H and O–H groups in total. The fourth-order valence-electron chi connectivity index (χ4n) is 4.86. The summed E-state index contributed by atoms with van der Waals surface area (Å²) in [6.07, 6.45) is 3.01. The zero-order valence-corrected chi connectivity index (χ0v) is 18.7. The highest BCUT2D eigenvalue weighted by atomic mass is 35.5. The van der Waals surface area contributed by atoms with Crippen LogP contribution in [0.5, 0.6) is 0 Å². The van der Waals surface area contributed by atoms with Crippen LogP contribution in [0.3, 0.4) is 0 Å². The van der Waals surface area contributed by atoms with E-state index in [0.717, 1.165) is 35.4 Å². The van der Waals surface area contributed by atoms with Crippen molar-refractivity contribution in [2.45, 2.75) is 37.0 Å². The Balaban J connectivity index is 1.34. The number of carbonyl (C=O) groups excluding carboxylic acids is 1. The minimum Gasteiger partial charge on any atom is -0.440 e. The van der Waals surface area contributed by atoms with Gasteiger partial charge in [-0.05, 0) is 61.6 Å². The lowest BCUT2D eigenvalue weighted by molar-refractivity contribution is -0.142. The van der Waals surface area contributed by atoms with Gasteiger partial charge in [-0.2, -0.15) is 0 Å². The number of benzene rings is 2. The molecule has 0 radical (unpaired) electrons. The minimum absolute atomic E-state index is 0.181. The zero-order valence-electron chi connectivity index (χ0n) is 17.2. The summed E-state index contributed by atoms with van der Waals surface area (Å²) < 4.78 is 11.6. The molecule has 2 aromatic carbocycles. The van der Waals surface area contributed by atoms with Crippen LogP contribution in [-0.4, -0.2) is 42.1 Å². The van der Waals surface area contributed by atoms with E-state index in [1.165, 1.54) is 0 Å². The third-order valence-corrected chi connectivity index (χ3v) is 7.10. The van der Waals surface area contributed by atoms with Crippen LogP contribution in [0.25, 0.3) is 11.1 Å². The van der Waals surface area contributed by atoms with Gasteiger partial charge in [-0.3, -0.25) is 4.79 Å². The maximum atomic E-state index is 13.8. The van der Waals surface area contributed by atoms with Crippen molar-refractivity contribution in [2.24, 2.45) is 0 Å². The number of nitrogens with zero attached hydrogens (tertiary/aromatic N) is 2. The van der Waals surface area contributed by atoms with Gasteiger partial charge in [-0.15, -0.1) is 0 Å². The molecule has 1 aromatic heterocycles. The molecular formula is C24H24Cl2N2O3. The maximum Gasteiger partial charge on any atom is 0.233 e. The summed E-state index contributed by atoms with van der Waals surface area (Å²) >= 11 is 12.3. The summed E-state index contributed by atoms with van der Waals surface area (Å²) in [6.45, 7) is 2.54. The average Bonchev–Trinajstić information content (AvgIpc) is 3.22. The minimum atomic E-state index is -0.565. The molecule has 31 heavy (non-hydrogen) atoms. The summed E-state index contributed by atoms with van der Waals surface area (Å²) in [5.41, 5.74) is 1.96. The number of hydrogen-bond donors (Lipinski definition) is 0. The van der Waals surface area contributed by atoms with Crippen LogP contribution in [0, 0.1) is 0 Å². The van der Waals surface area contributed by atoms with Crippen molar-refractivity contribution >= 4 is 40.2 Å². The smallest absolute Gasteiger partial charge is 0.233 e. The molecule has 0 spiro atoms. The normalized spacial score (nSPS) is 19.6. The lowest BCUT2D eigenvalue weighted by Crippen LogP contribution is -2.51. The Labute approximate surface area is 191 Å². The molecule has 0 unspecified atom stereocenters. The number of ether oxygens (including phenoxy) is 1. The first-order valence-electron chi connectivity index (χ1n) is 10.7. The second kappa shape index (κ2) is 8.45. The van der Waals surface area contributed by atoms with E-state index in [9.17, 15) is 4.79 Å². The van der Waals surface area contributed by atoms with E-state index in [0.29, 0.717) is 49.2 Å². The first-order chi connectivity index (χ1) is 15.0. The van der Waals surface area contributed by atoms with Crippen molar-refractivity contribution in [1.82, 2.24) is 9.88 Å². The molecule has 2 aliphatic heterocycles. The van der Waals surface area contributed by atoms with E-state index in [1.54, 1.807) is 0 Å². The molecule has 0 aliphatic carbocycles. The number of halogens is 2. The average molecular weight is 459 g/mol. The summed E-state index contributed by atoms with van der Waals surface area (Å²) in [7, 11) is 0. The number of amides is 1. The number of oxazole rings is 1. The predicted molar refractivity (Wildman–Crippen MR) is 121 cm³/mol. The van der Waals surface area contributed by atoms with Gasteiger partial charge in [-0.25, -0.2) is 4.98 Å². The van der Waals surface area contributed by atoms with E-state index in [-0.39, 0.29) is 11.8 Å². The fourth-order valence-corrected chi connectivity index (χ4v) is 5.21. The van der Waals surface area contributed by atoms with Crippen LogP contribution in [0.1, 0.15) is 43.1 Å². The lowest BCUT2D eigenvalue weighted by atomic mass is 9.72. The van der Waals surface area contributed by atoms with Gasteiger partial charge in [0.25, 0.3) is 0 Å². The van der Waals surface area contributed by atoms with Crippen molar-refractivity contribution < 1.29 is 13.9 Å². The number of fused-ring (bicyclic) bond motifs is 1.